The van der Waals surface area contributed by atoms with Crippen LogP contribution >= 0.6 is 12.4 Å². The Balaban J connectivity index is 0.00000200. The van der Waals surface area contributed by atoms with Gasteiger partial charge in [-0.15, -0.1) is 12.4 Å². The van der Waals surface area contributed by atoms with Crippen LogP contribution in [0.5, 0.6) is 0 Å². The molecule has 7 heteroatoms. The zero-order valence-corrected chi connectivity index (χ0v) is 13.4. The molecule has 2 atom stereocenters. The predicted molar refractivity (Wildman–Crippen MR) is 79.2 cm³/mol. The molecule has 20 heavy (non-hydrogen) atoms. The Morgan fingerprint density at radius 1 is 1.35 bits per heavy atom. The maximum atomic E-state index is 13.3. The number of sulfonamides is 1. The Bertz CT molecular complexity index is 580. The van der Waals surface area contributed by atoms with Gasteiger partial charge in [0, 0.05) is 25.2 Å². The van der Waals surface area contributed by atoms with Crippen LogP contribution in [-0.4, -0.2) is 37.9 Å². The molecule has 2 rings (SSSR count). The summed E-state index contributed by atoms with van der Waals surface area (Å²) in [5, 5.41) is 3.23. The van der Waals surface area contributed by atoms with Crippen molar-refractivity contribution < 1.29 is 12.8 Å². The highest BCUT2D eigenvalue weighted by Crippen LogP contribution is 2.24. The Labute approximate surface area is 125 Å². The van der Waals surface area contributed by atoms with Crippen LogP contribution in [0.4, 0.5) is 4.39 Å². The second kappa shape index (κ2) is 6.39. The van der Waals surface area contributed by atoms with Gasteiger partial charge in [0.2, 0.25) is 10.0 Å². The van der Waals surface area contributed by atoms with E-state index >= 15 is 0 Å². The largest absolute Gasteiger partial charge is 0.311 e. The molecule has 1 saturated heterocycles. The van der Waals surface area contributed by atoms with Crippen molar-refractivity contribution in [3.63, 3.8) is 0 Å². The van der Waals surface area contributed by atoms with E-state index in [2.05, 4.69) is 5.32 Å². The van der Waals surface area contributed by atoms with Crippen LogP contribution in [-0.2, 0) is 10.0 Å². The lowest BCUT2D eigenvalue weighted by molar-refractivity contribution is 0.232. The number of nitrogens with zero attached hydrogens (tertiary/aromatic N) is 1. The highest BCUT2D eigenvalue weighted by molar-refractivity contribution is 7.89. The summed E-state index contributed by atoms with van der Waals surface area (Å²) in [6, 6.07) is 3.81. The zero-order valence-electron chi connectivity index (χ0n) is 11.8. The molecule has 1 aliphatic rings. The van der Waals surface area contributed by atoms with Gasteiger partial charge in [-0.05, 0) is 38.5 Å². The van der Waals surface area contributed by atoms with Crippen LogP contribution in [0.3, 0.4) is 0 Å². The van der Waals surface area contributed by atoms with E-state index < -0.39 is 15.8 Å². The van der Waals surface area contributed by atoms with Gasteiger partial charge in [-0.2, -0.15) is 4.31 Å². The lowest BCUT2D eigenvalue weighted by Crippen LogP contribution is -2.57. The number of hydrogen-bond donors (Lipinski definition) is 1. The molecule has 0 radical (unpaired) electrons. The number of rotatable bonds is 2. The van der Waals surface area contributed by atoms with Crippen molar-refractivity contribution in [3.8, 4) is 0 Å². The third kappa shape index (κ3) is 3.14. The third-order valence-electron chi connectivity index (χ3n) is 3.71. The maximum absolute atomic E-state index is 13.3. The van der Waals surface area contributed by atoms with Crippen LogP contribution in [0.2, 0.25) is 0 Å². The molecule has 114 valence electrons. The van der Waals surface area contributed by atoms with E-state index in [0.29, 0.717) is 18.7 Å². The first-order chi connectivity index (χ1) is 8.84. The topological polar surface area (TPSA) is 49.4 Å². The van der Waals surface area contributed by atoms with Crippen LogP contribution in [0.1, 0.15) is 19.4 Å². The summed E-state index contributed by atoms with van der Waals surface area (Å²) >= 11 is 0. The minimum atomic E-state index is -3.64. The molecule has 1 aliphatic heterocycles. The zero-order chi connectivity index (χ0) is 14.2. The monoisotopic (exact) mass is 322 g/mol. The number of piperazine rings is 1. The fourth-order valence-corrected chi connectivity index (χ4v) is 4.28. The van der Waals surface area contributed by atoms with E-state index in [1.165, 1.54) is 16.4 Å². The normalized spacial score (nSPS) is 24.2. The molecule has 1 N–H and O–H groups in total. The van der Waals surface area contributed by atoms with Crippen LogP contribution < -0.4 is 5.32 Å². The van der Waals surface area contributed by atoms with E-state index in [0.717, 1.165) is 6.07 Å². The standard InChI is InChI=1S/C13H19FN2O2S.ClH/c1-9-4-5-12(14)8-13(9)19(17,18)16-7-6-15-10(2)11(16)3;/h4-5,8,10-11,15H,6-7H2,1-3H3;1H. The van der Waals surface area contributed by atoms with Gasteiger partial charge >= 0.3 is 0 Å². The molecule has 1 fully saturated rings. The Morgan fingerprint density at radius 3 is 2.65 bits per heavy atom. The first kappa shape index (κ1) is 17.4. The summed E-state index contributed by atoms with van der Waals surface area (Å²) in [6.45, 7) is 6.51. The van der Waals surface area contributed by atoms with E-state index in [-0.39, 0.29) is 29.4 Å². The highest BCUT2D eigenvalue weighted by atomic mass is 35.5. The average molecular weight is 323 g/mol. The summed E-state index contributed by atoms with van der Waals surface area (Å²) in [5.41, 5.74) is 0.569. The van der Waals surface area contributed by atoms with Crippen molar-refractivity contribution in [2.45, 2.75) is 37.8 Å². The molecular formula is C13H20ClFN2O2S. The van der Waals surface area contributed by atoms with Gasteiger partial charge in [-0.3, -0.25) is 0 Å². The second-order valence-electron chi connectivity index (χ2n) is 5.01. The van der Waals surface area contributed by atoms with E-state index in [1.807, 2.05) is 13.8 Å². The molecule has 0 bridgehead atoms. The van der Waals surface area contributed by atoms with E-state index in [1.54, 1.807) is 6.92 Å². The molecule has 4 nitrogen and oxygen atoms in total. The van der Waals surface area contributed by atoms with Gasteiger partial charge in [-0.1, -0.05) is 6.07 Å². The molecule has 1 aromatic carbocycles. The predicted octanol–water partition coefficient (Wildman–Crippen LogP) is 1.93. The Morgan fingerprint density at radius 2 is 2.00 bits per heavy atom. The third-order valence-corrected chi connectivity index (χ3v) is 5.84. The summed E-state index contributed by atoms with van der Waals surface area (Å²) in [6.07, 6.45) is 0. The number of hydrogen-bond acceptors (Lipinski definition) is 3. The number of aryl methyl sites for hydroxylation is 1. The van der Waals surface area contributed by atoms with Crippen molar-refractivity contribution in [1.82, 2.24) is 9.62 Å². The molecule has 0 aliphatic carbocycles. The Kier molecular flexibility index (Phi) is 5.54. The molecule has 0 amide bonds. The van der Waals surface area contributed by atoms with Crippen molar-refractivity contribution >= 4 is 22.4 Å². The van der Waals surface area contributed by atoms with E-state index in [9.17, 15) is 12.8 Å². The average Bonchev–Trinajstić information content (AvgIpc) is 2.35. The van der Waals surface area contributed by atoms with Crippen molar-refractivity contribution in [3.05, 3.63) is 29.6 Å². The van der Waals surface area contributed by atoms with Gasteiger partial charge < -0.3 is 5.32 Å². The fourth-order valence-electron chi connectivity index (χ4n) is 2.34. The minimum Gasteiger partial charge on any atom is -0.311 e. The second-order valence-corrected chi connectivity index (χ2v) is 6.87. The first-order valence-corrected chi connectivity index (χ1v) is 7.79. The van der Waals surface area contributed by atoms with Gasteiger partial charge in [0.1, 0.15) is 5.82 Å². The number of benzene rings is 1. The van der Waals surface area contributed by atoms with Gasteiger partial charge in [0.15, 0.2) is 0 Å². The summed E-state index contributed by atoms with van der Waals surface area (Å²) in [5.74, 6) is -0.528. The summed E-state index contributed by atoms with van der Waals surface area (Å²) in [7, 11) is -3.64. The molecule has 0 aromatic heterocycles. The molecular weight excluding hydrogens is 303 g/mol. The molecule has 1 heterocycles. The van der Waals surface area contributed by atoms with Crippen LogP contribution in [0.15, 0.2) is 23.1 Å². The minimum absolute atomic E-state index is 0. The first-order valence-electron chi connectivity index (χ1n) is 6.35. The Hall–Kier alpha value is -0.690. The van der Waals surface area contributed by atoms with Gasteiger partial charge in [0.05, 0.1) is 4.90 Å². The van der Waals surface area contributed by atoms with Crippen LogP contribution in [0, 0.1) is 12.7 Å². The maximum Gasteiger partial charge on any atom is 0.243 e. The van der Waals surface area contributed by atoms with Gasteiger partial charge in [-0.25, -0.2) is 12.8 Å². The fraction of sp³-hybridized carbons (Fsp3) is 0.538. The smallest absolute Gasteiger partial charge is 0.243 e. The van der Waals surface area contributed by atoms with Crippen molar-refractivity contribution in [2.75, 3.05) is 13.1 Å². The SMILES string of the molecule is Cc1ccc(F)cc1S(=O)(=O)N1CCNC(C)C1C.Cl. The van der Waals surface area contributed by atoms with Crippen molar-refractivity contribution in [1.29, 1.82) is 0 Å². The van der Waals surface area contributed by atoms with Crippen LogP contribution in [0.25, 0.3) is 0 Å². The quantitative estimate of drug-likeness (QED) is 0.905. The lowest BCUT2D eigenvalue weighted by atomic mass is 10.1. The molecule has 0 saturated carbocycles. The summed E-state index contributed by atoms with van der Waals surface area (Å²) in [4.78, 5) is 0.0634. The number of nitrogens with one attached hydrogen (secondary N) is 1. The molecule has 2 unspecified atom stereocenters. The van der Waals surface area contributed by atoms with E-state index in [4.69, 9.17) is 0 Å². The lowest BCUT2D eigenvalue weighted by Gasteiger charge is -2.37. The van der Waals surface area contributed by atoms with Gasteiger partial charge in [0.25, 0.3) is 0 Å². The summed E-state index contributed by atoms with van der Waals surface area (Å²) < 4.78 is 40.1. The van der Waals surface area contributed by atoms with Crippen molar-refractivity contribution in [2.24, 2.45) is 0 Å². The molecule has 1 aromatic rings. The number of halogens is 2. The molecule has 0 spiro atoms. The highest BCUT2D eigenvalue weighted by Gasteiger charge is 2.35.